The normalized spacial score (nSPS) is 13.6. The van der Waals surface area contributed by atoms with Gasteiger partial charge in [-0.05, 0) is 36.8 Å². The molecular formula is C23H23F3N4O. The monoisotopic (exact) mass is 428 g/mol. The number of halogens is 3. The Balaban J connectivity index is 1.72. The minimum Gasteiger partial charge on any atom is -0.488 e. The molecule has 1 aliphatic rings. The van der Waals surface area contributed by atoms with Crippen molar-refractivity contribution in [1.29, 1.82) is 0 Å². The van der Waals surface area contributed by atoms with Crippen molar-refractivity contribution < 1.29 is 17.9 Å². The zero-order valence-electron chi connectivity index (χ0n) is 16.9. The molecule has 8 heteroatoms. The number of nitrogens with zero attached hydrogens (tertiary/aromatic N) is 2. The van der Waals surface area contributed by atoms with Crippen LogP contribution in [0.25, 0.3) is 0 Å². The summed E-state index contributed by atoms with van der Waals surface area (Å²) in [5.74, 6) is 0.614. The number of ether oxygens (including phenoxy) is 1. The van der Waals surface area contributed by atoms with Crippen molar-refractivity contribution in [3.63, 3.8) is 0 Å². The molecule has 4 N–H and O–H groups in total. The van der Waals surface area contributed by atoms with Crippen molar-refractivity contribution in [3.8, 4) is 5.75 Å². The molecule has 2 aromatic carbocycles. The highest BCUT2D eigenvalue weighted by Gasteiger charge is 2.37. The molecule has 0 spiro atoms. The van der Waals surface area contributed by atoms with Crippen molar-refractivity contribution in [3.05, 3.63) is 76.4 Å². The van der Waals surface area contributed by atoms with E-state index in [9.17, 15) is 13.2 Å². The number of aryl methyl sites for hydroxylation is 2. The third-order valence-electron chi connectivity index (χ3n) is 5.44. The number of alkyl halides is 3. The molecule has 0 atom stereocenters. The first-order chi connectivity index (χ1) is 14.8. The SMILES string of the molecule is Nc1cc(OCc2ccccc2)c(Cc2ncc3c(n2)CCCC3)c(N)c1C(F)(F)F. The zero-order valence-corrected chi connectivity index (χ0v) is 16.9. The Bertz CT molecular complexity index is 1080. The van der Waals surface area contributed by atoms with Gasteiger partial charge >= 0.3 is 6.18 Å². The van der Waals surface area contributed by atoms with Crippen LogP contribution in [-0.2, 0) is 32.0 Å². The van der Waals surface area contributed by atoms with E-state index in [1.807, 2.05) is 30.3 Å². The lowest BCUT2D eigenvalue weighted by Gasteiger charge is -2.20. The van der Waals surface area contributed by atoms with Gasteiger partial charge in [-0.25, -0.2) is 9.97 Å². The van der Waals surface area contributed by atoms with Crippen molar-refractivity contribution in [1.82, 2.24) is 9.97 Å². The van der Waals surface area contributed by atoms with Crippen LogP contribution in [0.3, 0.4) is 0 Å². The zero-order chi connectivity index (χ0) is 22.0. The number of rotatable bonds is 5. The fourth-order valence-electron chi connectivity index (χ4n) is 3.86. The molecule has 31 heavy (non-hydrogen) atoms. The van der Waals surface area contributed by atoms with Crippen LogP contribution in [-0.4, -0.2) is 9.97 Å². The summed E-state index contributed by atoms with van der Waals surface area (Å²) < 4.78 is 46.7. The smallest absolute Gasteiger partial charge is 0.420 e. The standard InChI is InChI=1S/C23H23F3N4O/c24-23(25,26)21-17(27)11-19(31-13-14-6-2-1-3-7-14)16(22(21)28)10-20-29-12-15-8-4-5-9-18(15)30-20/h1-3,6-7,11-12H,4-5,8-10,13,27-28H2. The lowest BCUT2D eigenvalue weighted by atomic mass is 9.97. The first-order valence-corrected chi connectivity index (χ1v) is 10.1. The molecule has 0 radical (unpaired) electrons. The number of nitrogens with two attached hydrogens (primary N) is 2. The third-order valence-corrected chi connectivity index (χ3v) is 5.44. The van der Waals surface area contributed by atoms with Crippen molar-refractivity contribution in [2.24, 2.45) is 0 Å². The Morgan fingerprint density at radius 2 is 1.77 bits per heavy atom. The van der Waals surface area contributed by atoms with E-state index in [1.165, 1.54) is 6.07 Å². The minimum atomic E-state index is -4.68. The van der Waals surface area contributed by atoms with Gasteiger partial charge in [0.15, 0.2) is 0 Å². The Kier molecular flexibility index (Phi) is 5.71. The molecule has 0 bridgehead atoms. The third kappa shape index (κ3) is 4.57. The predicted octanol–water partition coefficient (Wildman–Crippen LogP) is 4.71. The van der Waals surface area contributed by atoms with Gasteiger partial charge in [-0.1, -0.05) is 30.3 Å². The van der Waals surface area contributed by atoms with E-state index in [0.29, 0.717) is 5.82 Å². The molecule has 1 heterocycles. The van der Waals surface area contributed by atoms with E-state index in [0.717, 1.165) is 42.5 Å². The van der Waals surface area contributed by atoms with Gasteiger partial charge < -0.3 is 16.2 Å². The van der Waals surface area contributed by atoms with Crippen molar-refractivity contribution >= 4 is 11.4 Å². The number of fused-ring (bicyclic) bond motifs is 1. The highest BCUT2D eigenvalue weighted by Crippen LogP contribution is 2.43. The summed E-state index contributed by atoms with van der Waals surface area (Å²) in [6.07, 6.45) is 0.990. The lowest BCUT2D eigenvalue weighted by molar-refractivity contribution is -0.136. The lowest BCUT2D eigenvalue weighted by Crippen LogP contribution is -2.16. The second-order valence-electron chi connectivity index (χ2n) is 7.65. The average molecular weight is 428 g/mol. The quantitative estimate of drug-likeness (QED) is 0.575. The number of hydrogen-bond acceptors (Lipinski definition) is 5. The van der Waals surface area contributed by atoms with E-state index in [4.69, 9.17) is 16.2 Å². The molecule has 0 aliphatic heterocycles. The molecular weight excluding hydrogens is 405 g/mol. The largest absolute Gasteiger partial charge is 0.488 e. The van der Waals surface area contributed by atoms with E-state index in [-0.39, 0.29) is 24.3 Å². The van der Waals surface area contributed by atoms with Crippen LogP contribution < -0.4 is 16.2 Å². The summed E-state index contributed by atoms with van der Waals surface area (Å²) >= 11 is 0. The topological polar surface area (TPSA) is 87.0 Å². The molecule has 4 rings (SSSR count). The van der Waals surface area contributed by atoms with Gasteiger partial charge in [0, 0.05) is 35.6 Å². The van der Waals surface area contributed by atoms with Crippen LogP contribution in [0, 0.1) is 0 Å². The van der Waals surface area contributed by atoms with Crippen LogP contribution in [0.1, 0.15) is 46.6 Å². The Morgan fingerprint density at radius 3 is 2.52 bits per heavy atom. The molecule has 0 fully saturated rings. The predicted molar refractivity (Wildman–Crippen MR) is 113 cm³/mol. The van der Waals surface area contributed by atoms with Crippen molar-refractivity contribution in [2.75, 3.05) is 11.5 Å². The fourth-order valence-corrected chi connectivity index (χ4v) is 3.86. The summed E-state index contributed by atoms with van der Waals surface area (Å²) in [5.41, 5.74) is 12.8. The van der Waals surface area contributed by atoms with E-state index >= 15 is 0 Å². The van der Waals surface area contributed by atoms with Gasteiger partial charge in [-0.15, -0.1) is 0 Å². The molecule has 1 aliphatic carbocycles. The summed E-state index contributed by atoms with van der Waals surface area (Å²) in [4.78, 5) is 8.96. The van der Waals surface area contributed by atoms with Crippen molar-refractivity contribution in [2.45, 2.75) is 44.9 Å². The van der Waals surface area contributed by atoms with Gasteiger partial charge in [-0.3, -0.25) is 0 Å². The van der Waals surface area contributed by atoms with Crippen LogP contribution in [0.5, 0.6) is 5.75 Å². The Labute approximate surface area is 178 Å². The molecule has 1 aromatic heterocycles. The van der Waals surface area contributed by atoms with E-state index in [1.54, 1.807) is 6.20 Å². The van der Waals surface area contributed by atoms with E-state index in [2.05, 4.69) is 9.97 Å². The first kappa shape index (κ1) is 21.0. The molecule has 162 valence electrons. The summed E-state index contributed by atoms with van der Waals surface area (Å²) in [6.45, 7) is 0.170. The molecule has 0 saturated carbocycles. The van der Waals surface area contributed by atoms with Gasteiger partial charge in [0.2, 0.25) is 0 Å². The maximum atomic E-state index is 13.6. The summed E-state index contributed by atoms with van der Waals surface area (Å²) in [5, 5.41) is 0. The van der Waals surface area contributed by atoms with Crippen LogP contribution in [0.2, 0.25) is 0 Å². The highest BCUT2D eigenvalue weighted by molar-refractivity contribution is 5.71. The maximum Gasteiger partial charge on any atom is 0.420 e. The van der Waals surface area contributed by atoms with Crippen LogP contribution in [0.4, 0.5) is 24.5 Å². The molecule has 5 nitrogen and oxygen atoms in total. The summed E-state index contributed by atoms with van der Waals surface area (Å²) in [6, 6.07) is 10.5. The number of nitrogen functional groups attached to an aromatic ring is 2. The minimum absolute atomic E-state index is 0.0204. The number of hydrogen-bond donors (Lipinski definition) is 2. The highest BCUT2D eigenvalue weighted by atomic mass is 19.4. The van der Waals surface area contributed by atoms with Gasteiger partial charge in [-0.2, -0.15) is 13.2 Å². The second-order valence-corrected chi connectivity index (χ2v) is 7.65. The van der Waals surface area contributed by atoms with Gasteiger partial charge in [0.25, 0.3) is 0 Å². The Morgan fingerprint density at radius 1 is 1.03 bits per heavy atom. The first-order valence-electron chi connectivity index (χ1n) is 10.1. The van der Waals surface area contributed by atoms with E-state index < -0.39 is 23.1 Å². The average Bonchev–Trinajstić information content (AvgIpc) is 2.74. The Hall–Kier alpha value is -3.29. The maximum absolute atomic E-state index is 13.6. The van der Waals surface area contributed by atoms with Crippen LogP contribution >= 0.6 is 0 Å². The van der Waals surface area contributed by atoms with Crippen LogP contribution in [0.15, 0.2) is 42.6 Å². The van der Waals surface area contributed by atoms with Gasteiger partial charge in [0.1, 0.15) is 23.7 Å². The summed E-state index contributed by atoms with van der Waals surface area (Å²) in [7, 11) is 0. The molecule has 0 saturated heterocycles. The number of anilines is 2. The molecule has 3 aromatic rings. The molecule has 0 unspecified atom stereocenters. The second kappa shape index (κ2) is 8.45. The number of benzene rings is 2. The molecule has 0 amide bonds. The van der Waals surface area contributed by atoms with Gasteiger partial charge in [0.05, 0.1) is 5.69 Å². The fraction of sp³-hybridized carbons (Fsp3) is 0.304. The number of aromatic nitrogens is 2.